The van der Waals surface area contributed by atoms with Gasteiger partial charge in [-0.1, -0.05) is 36.4 Å². The third-order valence-electron chi connectivity index (χ3n) is 5.90. The molecule has 1 saturated heterocycles. The van der Waals surface area contributed by atoms with Gasteiger partial charge < -0.3 is 9.64 Å². The number of hydrogen-bond acceptors (Lipinski definition) is 4. The number of rotatable bonds is 5. The molecule has 31 heavy (non-hydrogen) atoms. The lowest BCUT2D eigenvalue weighted by Crippen LogP contribution is -2.36. The van der Waals surface area contributed by atoms with E-state index < -0.39 is 0 Å². The molecule has 5 rings (SSSR count). The van der Waals surface area contributed by atoms with Crippen LogP contribution in [0.3, 0.4) is 0 Å². The van der Waals surface area contributed by atoms with E-state index in [9.17, 15) is 4.79 Å². The molecule has 1 aliphatic heterocycles. The van der Waals surface area contributed by atoms with Crippen molar-refractivity contribution in [2.75, 3.05) is 31.2 Å². The molecule has 2 aromatic heterocycles. The van der Waals surface area contributed by atoms with Crippen LogP contribution >= 0.6 is 0 Å². The van der Waals surface area contributed by atoms with Crippen LogP contribution in [-0.4, -0.2) is 41.5 Å². The van der Waals surface area contributed by atoms with Crippen LogP contribution in [0, 0.1) is 0 Å². The standard InChI is InChI=1S/C26H25N3O2/c1-19(30)21-3-2-4-22(18-21)25-10-7-23(26-27-11-12-29(25)26)17-20-5-8-24(9-6-20)28-13-15-31-16-14-28/h2-12,18H,13-17H2,1H3. The summed E-state index contributed by atoms with van der Waals surface area (Å²) in [5.74, 6) is 0.0703. The molecule has 0 unspecified atom stereocenters. The number of morpholine rings is 1. The zero-order valence-corrected chi connectivity index (χ0v) is 17.6. The number of fused-ring (bicyclic) bond motifs is 1. The van der Waals surface area contributed by atoms with Crippen molar-refractivity contribution in [2.24, 2.45) is 0 Å². The van der Waals surface area contributed by atoms with E-state index in [1.54, 1.807) is 6.92 Å². The van der Waals surface area contributed by atoms with Gasteiger partial charge in [-0.05, 0) is 47.9 Å². The van der Waals surface area contributed by atoms with E-state index in [2.05, 4.69) is 50.7 Å². The predicted molar refractivity (Wildman–Crippen MR) is 123 cm³/mol. The summed E-state index contributed by atoms with van der Waals surface area (Å²) in [7, 11) is 0. The molecule has 1 aliphatic rings. The van der Waals surface area contributed by atoms with Gasteiger partial charge in [0.25, 0.3) is 0 Å². The number of ether oxygens (including phenoxy) is 1. The number of aromatic nitrogens is 2. The topological polar surface area (TPSA) is 46.8 Å². The largest absolute Gasteiger partial charge is 0.378 e. The van der Waals surface area contributed by atoms with E-state index >= 15 is 0 Å². The number of nitrogens with zero attached hydrogens (tertiary/aromatic N) is 3. The van der Waals surface area contributed by atoms with Crippen LogP contribution in [0.4, 0.5) is 5.69 Å². The van der Waals surface area contributed by atoms with Crippen molar-refractivity contribution >= 4 is 17.1 Å². The number of anilines is 1. The van der Waals surface area contributed by atoms with Crippen LogP contribution < -0.4 is 4.90 Å². The maximum absolute atomic E-state index is 11.8. The molecule has 5 heteroatoms. The molecule has 0 bridgehead atoms. The van der Waals surface area contributed by atoms with Crippen molar-refractivity contribution in [1.29, 1.82) is 0 Å². The first-order valence-corrected chi connectivity index (χ1v) is 10.7. The predicted octanol–water partition coefficient (Wildman–Crippen LogP) is 4.63. The number of Topliss-reactive ketones (excluding diaryl/α,β-unsaturated/α-hetero) is 1. The molecular weight excluding hydrogens is 386 g/mol. The first kappa shape index (κ1) is 19.5. The number of hydrogen-bond donors (Lipinski definition) is 0. The zero-order chi connectivity index (χ0) is 21.2. The second-order valence-electron chi connectivity index (χ2n) is 7.94. The Balaban J connectivity index is 1.43. The van der Waals surface area contributed by atoms with Gasteiger partial charge in [0.15, 0.2) is 5.78 Å². The second kappa shape index (κ2) is 8.36. The van der Waals surface area contributed by atoms with Gasteiger partial charge in [-0.15, -0.1) is 0 Å². The van der Waals surface area contributed by atoms with Crippen molar-refractivity contribution in [3.63, 3.8) is 0 Å². The van der Waals surface area contributed by atoms with Crippen LogP contribution in [0.2, 0.25) is 0 Å². The monoisotopic (exact) mass is 411 g/mol. The summed E-state index contributed by atoms with van der Waals surface area (Å²) < 4.78 is 7.56. The smallest absolute Gasteiger partial charge is 0.159 e. The summed E-state index contributed by atoms with van der Waals surface area (Å²) >= 11 is 0. The van der Waals surface area contributed by atoms with Crippen molar-refractivity contribution in [2.45, 2.75) is 13.3 Å². The van der Waals surface area contributed by atoms with Crippen LogP contribution in [0.5, 0.6) is 0 Å². The first-order chi connectivity index (χ1) is 15.2. The van der Waals surface area contributed by atoms with Crippen molar-refractivity contribution < 1.29 is 9.53 Å². The normalized spacial score (nSPS) is 14.2. The van der Waals surface area contributed by atoms with Gasteiger partial charge in [0.05, 0.1) is 18.9 Å². The van der Waals surface area contributed by atoms with E-state index in [0.29, 0.717) is 0 Å². The summed E-state index contributed by atoms with van der Waals surface area (Å²) in [5.41, 5.74) is 7.39. The Hall–Kier alpha value is -3.44. The van der Waals surface area contributed by atoms with Gasteiger partial charge in [0, 0.05) is 43.2 Å². The number of imidazole rings is 1. The van der Waals surface area contributed by atoms with E-state index in [-0.39, 0.29) is 5.78 Å². The van der Waals surface area contributed by atoms with Gasteiger partial charge in [0.1, 0.15) is 5.65 Å². The van der Waals surface area contributed by atoms with Crippen molar-refractivity contribution in [1.82, 2.24) is 9.38 Å². The molecule has 0 saturated carbocycles. The number of pyridine rings is 1. The molecule has 1 fully saturated rings. The average molecular weight is 412 g/mol. The van der Waals surface area contributed by atoms with Gasteiger partial charge in [-0.2, -0.15) is 0 Å². The van der Waals surface area contributed by atoms with Gasteiger partial charge in [0.2, 0.25) is 0 Å². The SMILES string of the molecule is CC(=O)c1cccc(-c2ccc(Cc3ccc(N4CCOCC4)cc3)c3nccn23)c1. The summed E-state index contributed by atoms with van der Waals surface area (Å²) in [6.07, 6.45) is 4.63. The molecule has 2 aromatic carbocycles. The van der Waals surface area contributed by atoms with E-state index in [0.717, 1.165) is 55.2 Å². The molecule has 0 amide bonds. The molecule has 0 N–H and O–H groups in total. The van der Waals surface area contributed by atoms with Crippen LogP contribution in [0.15, 0.2) is 73.1 Å². The third-order valence-corrected chi connectivity index (χ3v) is 5.90. The Morgan fingerprint density at radius 1 is 1.03 bits per heavy atom. The second-order valence-corrected chi connectivity index (χ2v) is 7.94. The maximum Gasteiger partial charge on any atom is 0.159 e. The van der Waals surface area contributed by atoms with Crippen LogP contribution in [0.1, 0.15) is 28.4 Å². The fraction of sp³-hybridized carbons (Fsp3) is 0.231. The highest BCUT2D eigenvalue weighted by atomic mass is 16.5. The molecule has 0 spiro atoms. The maximum atomic E-state index is 11.8. The summed E-state index contributed by atoms with van der Waals surface area (Å²) in [5, 5.41) is 0. The molecule has 156 valence electrons. The lowest BCUT2D eigenvalue weighted by atomic mass is 10.0. The van der Waals surface area contributed by atoms with Crippen molar-refractivity contribution in [3.8, 4) is 11.3 Å². The molecule has 0 aliphatic carbocycles. The van der Waals surface area contributed by atoms with Crippen molar-refractivity contribution in [3.05, 3.63) is 89.7 Å². The Morgan fingerprint density at radius 2 is 1.84 bits per heavy atom. The lowest BCUT2D eigenvalue weighted by molar-refractivity contribution is 0.101. The molecule has 0 atom stereocenters. The Kier molecular flexibility index (Phi) is 5.26. The lowest BCUT2D eigenvalue weighted by Gasteiger charge is -2.28. The minimum Gasteiger partial charge on any atom is -0.378 e. The molecule has 5 nitrogen and oxygen atoms in total. The summed E-state index contributed by atoms with van der Waals surface area (Å²) in [6.45, 7) is 5.07. The molecular formula is C26H25N3O2. The molecule has 4 aromatic rings. The summed E-state index contributed by atoms with van der Waals surface area (Å²) in [4.78, 5) is 18.8. The van der Waals surface area contributed by atoms with E-state index in [1.807, 2.05) is 36.7 Å². The number of carbonyl (C=O) groups excluding carboxylic acids is 1. The number of ketones is 1. The molecule has 3 heterocycles. The zero-order valence-electron chi connectivity index (χ0n) is 17.6. The Bertz CT molecular complexity index is 1220. The minimum atomic E-state index is 0.0703. The van der Waals surface area contributed by atoms with Crippen LogP contribution in [-0.2, 0) is 11.2 Å². The number of carbonyl (C=O) groups is 1. The van der Waals surface area contributed by atoms with Gasteiger partial charge in [-0.3, -0.25) is 9.20 Å². The number of benzene rings is 2. The first-order valence-electron chi connectivity index (χ1n) is 10.7. The Labute approximate surface area is 181 Å². The minimum absolute atomic E-state index is 0.0703. The fourth-order valence-electron chi connectivity index (χ4n) is 4.21. The summed E-state index contributed by atoms with van der Waals surface area (Å²) in [6, 6.07) is 20.8. The van der Waals surface area contributed by atoms with Gasteiger partial charge in [-0.25, -0.2) is 4.98 Å². The average Bonchev–Trinajstić information content (AvgIpc) is 3.31. The highest BCUT2D eigenvalue weighted by molar-refractivity contribution is 5.95. The third kappa shape index (κ3) is 3.97. The highest BCUT2D eigenvalue weighted by Gasteiger charge is 2.13. The molecule has 0 radical (unpaired) electrons. The van der Waals surface area contributed by atoms with Crippen LogP contribution in [0.25, 0.3) is 16.9 Å². The fourth-order valence-corrected chi connectivity index (χ4v) is 4.21. The highest BCUT2D eigenvalue weighted by Crippen LogP contribution is 2.26. The van der Waals surface area contributed by atoms with Gasteiger partial charge >= 0.3 is 0 Å². The van der Waals surface area contributed by atoms with E-state index in [1.165, 1.54) is 16.8 Å². The quantitative estimate of drug-likeness (QED) is 0.449. The Morgan fingerprint density at radius 3 is 2.61 bits per heavy atom. The van der Waals surface area contributed by atoms with E-state index in [4.69, 9.17) is 4.74 Å².